The highest BCUT2D eigenvalue weighted by atomic mass is 16.5. The SMILES string of the molecule is CCOC(=O)[C@@H]1CN(C(=O)Cc2ccn(C)n2)Cc2ncn(CC)c21. The first-order chi connectivity index (χ1) is 12.0. The van der Waals surface area contributed by atoms with Gasteiger partial charge in [-0.3, -0.25) is 14.3 Å². The Morgan fingerprint density at radius 2 is 2.16 bits per heavy atom. The molecule has 3 heterocycles. The van der Waals surface area contributed by atoms with Crippen LogP contribution in [0, 0.1) is 0 Å². The summed E-state index contributed by atoms with van der Waals surface area (Å²) in [4.78, 5) is 31.2. The summed E-state index contributed by atoms with van der Waals surface area (Å²) >= 11 is 0. The summed E-state index contributed by atoms with van der Waals surface area (Å²) in [5.41, 5.74) is 2.34. The Bertz CT molecular complexity index is 779. The van der Waals surface area contributed by atoms with Crippen LogP contribution < -0.4 is 0 Å². The predicted octanol–water partition coefficient (Wildman–Crippen LogP) is 0.868. The molecule has 0 radical (unpaired) electrons. The van der Waals surface area contributed by atoms with Crippen LogP contribution in [0.1, 0.15) is 36.8 Å². The molecule has 0 aliphatic carbocycles. The molecular formula is C17H23N5O3. The van der Waals surface area contributed by atoms with Gasteiger partial charge >= 0.3 is 5.97 Å². The minimum Gasteiger partial charge on any atom is -0.465 e. The van der Waals surface area contributed by atoms with Crippen molar-refractivity contribution in [3.63, 3.8) is 0 Å². The van der Waals surface area contributed by atoms with Gasteiger partial charge in [0.05, 0.1) is 43.0 Å². The van der Waals surface area contributed by atoms with Gasteiger partial charge in [0.1, 0.15) is 5.92 Å². The van der Waals surface area contributed by atoms with E-state index < -0.39 is 5.92 Å². The number of carbonyl (C=O) groups is 2. The molecule has 8 heteroatoms. The normalized spacial score (nSPS) is 16.6. The molecule has 1 aliphatic rings. The molecule has 0 N–H and O–H groups in total. The quantitative estimate of drug-likeness (QED) is 0.751. The van der Waals surface area contributed by atoms with Crippen LogP contribution in [0.3, 0.4) is 0 Å². The smallest absolute Gasteiger partial charge is 0.316 e. The van der Waals surface area contributed by atoms with Crippen molar-refractivity contribution in [1.29, 1.82) is 0 Å². The van der Waals surface area contributed by atoms with E-state index in [-0.39, 0.29) is 18.3 Å². The van der Waals surface area contributed by atoms with Crippen molar-refractivity contribution in [3.05, 3.63) is 35.7 Å². The maximum absolute atomic E-state index is 12.7. The molecule has 25 heavy (non-hydrogen) atoms. The first kappa shape index (κ1) is 17.2. The fourth-order valence-corrected chi connectivity index (χ4v) is 3.20. The van der Waals surface area contributed by atoms with Crippen molar-refractivity contribution in [1.82, 2.24) is 24.2 Å². The molecule has 3 rings (SSSR count). The number of rotatable bonds is 5. The third-order valence-corrected chi connectivity index (χ3v) is 4.40. The summed E-state index contributed by atoms with van der Waals surface area (Å²) in [6.45, 7) is 5.53. The van der Waals surface area contributed by atoms with Crippen LogP contribution in [0.5, 0.6) is 0 Å². The predicted molar refractivity (Wildman–Crippen MR) is 89.6 cm³/mol. The molecule has 1 atom stereocenters. The molecule has 0 spiro atoms. The van der Waals surface area contributed by atoms with Gasteiger partial charge < -0.3 is 14.2 Å². The van der Waals surface area contributed by atoms with Crippen molar-refractivity contribution in [2.75, 3.05) is 13.2 Å². The number of hydrogen-bond donors (Lipinski definition) is 0. The Morgan fingerprint density at radius 1 is 1.36 bits per heavy atom. The monoisotopic (exact) mass is 345 g/mol. The zero-order chi connectivity index (χ0) is 18.0. The number of carbonyl (C=O) groups excluding carboxylic acids is 2. The Labute approximate surface area is 146 Å². The third kappa shape index (κ3) is 3.42. The Kier molecular flexibility index (Phi) is 4.87. The molecule has 8 nitrogen and oxygen atoms in total. The van der Waals surface area contributed by atoms with Crippen molar-refractivity contribution < 1.29 is 14.3 Å². The van der Waals surface area contributed by atoms with Crippen molar-refractivity contribution in [2.45, 2.75) is 39.3 Å². The first-order valence-electron chi connectivity index (χ1n) is 8.50. The molecule has 1 aliphatic heterocycles. The lowest BCUT2D eigenvalue weighted by atomic mass is 9.97. The van der Waals surface area contributed by atoms with Crippen LogP contribution in [0.2, 0.25) is 0 Å². The minimum atomic E-state index is -0.501. The fourth-order valence-electron chi connectivity index (χ4n) is 3.20. The van der Waals surface area contributed by atoms with E-state index in [1.807, 2.05) is 24.6 Å². The summed E-state index contributed by atoms with van der Waals surface area (Å²) in [5, 5.41) is 4.25. The number of fused-ring (bicyclic) bond motifs is 1. The lowest BCUT2D eigenvalue weighted by Crippen LogP contribution is -2.42. The molecule has 2 aromatic heterocycles. The molecule has 134 valence electrons. The van der Waals surface area contributed by atoms with E-state index in [0.717, 1.165) is 17.9 Å². The van der Waals surface area contributed by atoms with Gasteiger partial charge in [-0.25, -0.2) is 4.98 Å². The van der Waals surface area contributed by atoms with Crippen LogP contribution >= 0.6 is 0 Å². The number of esters is 1. The third-order valence-electron chi connectivity index (χ3n) is 4.40. The van der Waals surface area contributed by atoms with Gasteiger partial charge in [-0.05, 0) is 19.9 Å². The Hall–Kier alpha value is -2.64. The number of imidazole rings is 1. The summed E-state index contributed by atoms with van der Waals surface area (Å²) in [6, 6.07) is 1.82. The number of aromatic nitrogens is 4. The second-order valence-corrected chi connectivity index (χ2v) is 6.10. The average Bonchev–Trinajstić information content (AvgIpc) is 3.19. The van der Waals surface area contributed by atoms with E-state index in [2.05, 4.69) is 10.1 Å². The lowest BCUT2D eigenvalue weighted by molar-refractivity contribution is -0.147. The van der Waals surface area contributed by atoms with E-state index >= 15 is 0 Å². The zero-order valence-electron chi connectivity index (χ0n) is 14.8. The molecule has 0 unspecified atom stereocenters. The average molecular weight is 345 g/mol. The van der Waals surface area contributed by atoms with Crippen LogP contribution in [0.15, 0.2) is 18.6 Å². The Morgan fingerprint density at radius 3 is 2.80 bits per heavy atom. The highest BCUT2D eigenvalue weighted by Crippen LogP contribution is 2.29. The minimum absolute atomic E-state index is 0.0651. The van der Waals surface area contributed by atoms with Crippen molar-refractivity contribution in [2.24, 2.45) is 7.05 Å². The number of amides is 1. The lowest BCUT2D eigenvalue weighted by Gasteiger charge is -2.32. The number of hydrogen-bond acceptors (Lipinski definition) is 5. The van der Waals surface area contributed by atoms with E-state index in [9.17, 15) is 9.59 Å². The number of nitrogens with zero attached hydrogens (tertiary/aromatic N) is 5. The molecule has 0 fully saturated rings. The second kappa shape index (κ2) is 7.08. The molecule has 0 saturated heterocycles. The Balaban J connectivity index is 1.83. The summed E-state index contributed by atoms with van der Waals surface area (Å²) in [5.74, 6) is -0.877. The molecule has 0 saturated carbocycles. The van der Waals surface area contributed by atoms with E-state index in [0.29, 0.717) is 25.4 Å². The van der Waals surface area contributed by atoms with Gasteiger partial charge in [0.2, 0.25) is 5.91 Å². The zero-order valence-corrected chi connectivity index (χ0v) is 14.8. The topological polar surface area (TPSA) is 82.2 Å². The van der Waals surface area contributed by atoms with Gasteiger partial charge in [0, 0.05) is 26.3 Å². The number of ether oxygens (including phenoxy) is 1. The number of aryl methyl sites for hydroxylation is 2. The molecule has 0 bridgehead atoms. The van der Waals surface area contributed by atoms with Crippen molar-refractivity contribution >= 4 is 11.9 Å². The van der Waals surface area contributed by atoms with Crippen LogP contribution in [-0.2, 0) is 40.9 Å². The summed E-state index contributed by atoms with van der Waals surface area (Å²) < 4.78 is 8.85. The maximum Gasteiger partial charge on any atom is 0.316 e. The standard InChI is InChI=1S/C17H23N5O3/c1-4-21-11-18-14-10-22(9-13(16(14)21)17(24)25-5-2)15(23)8-12-6-7-20(3)19-12/h6-7,11,13H,4-5,8-10H2,1-3H3/t13-/m1/s1. The van der Waals surface area contributed by atoms with Gasteiger partial charge in [0.25, 0.3) is 0 Å². The molecule has 2 aromatic rings. The van der Waals surface area contributed by atoms with Gasteiger partial charge in [-0.1, -0.05) is 0 Å². The van der Waals surface area contributed by atoms with E-state index in [1.165, 1.54) is 0 Å². The van der Waals surface area contributed by atoms with Gasteiger partial charge in [-0.15, -0.1) is 0 Å². The molecule has 0 aromatic carbocycles. The van der Waals surface area contributed by atoms with Crippen molar-refractivity contribution in [3.8, 4) is 0 Å². The molecule has 1 amide bonds. The highest BCUT2D eigenvalue weighted by Gasteiger charge is 2.36. The second-order valence-electron chi connectivity index (χ2n) is 6.10. The highest BCUT2D eigenvalue weighted by molar-refractivity contribution is 5.83. The van der Waals surface area contributed by atoms with E-state index in [1.54, 1.807) is 29.0 Å². The molecular weight excluding hydrogens is 322 g/mol. The van der Waals surface area contributed by atoms with Crippen LogP contribution in [0.4, 0.5) is 0 Å². The van der Waals surface area contributed by atoms with Crippen LogP contribution in [-0.4, -0.2) is 49.3 Å². The van der Waals surface area contributed by atoms with E-state index in [4.69, 9.17) is 4.74 Å². The van der Waals surface area contributed by atoms with Gasteiger partial charge in [0.15, 0.2) is 0 Å². The van der Waals surface area contributed by atoms with Gasteiger partial charge in [-0.2, -0.15) is 5.10 Å². The fraction of sp³-hybridized carbons (Fsp3) is 0.529. The largest absolute Gasteiger partial charge is 0.465 e. The van der Waals surface area contributed by atoms with Crippen LogP contribution in [0.25, 0.3) is 0 Å². The summed E-state index contributed by atoms with van der Waals surface area (Å²) in [7, 11) is 1.81. The first-order valence-corrected chi connectivity index (χ1v) is 8.50. The maximum atomic E-state index is 12.7. The summed E-state index contributed by atoms with van der Waals surface area (Å²) in [6.07, 6.45) is 3.74.